The minimum absolute atomic E-state index is 0.329. The van der Waals surface area contributed by atoms with E-state index in [1.807, 2.05) is 24.4 Å². The number of hydrogen-bond donors (Lipinski definition) is 2. The van der Waals surface area contributed by atoms with Gasteiger partial charge < -0.3 is 11.5 Å². The zero-order valence-corrected chi connectivity index (χ0v) is 12.7. The molecule has 1 aliphatic carbocycles. The fourth-order valence-electron chi connectivity index (χ4n) is 3.37. The van der Waals surface area contributed by atoms with E-state index in [1.54, 1.807) is 0 Å². The van der Waals surface area contributed by atoms with Crippen molar-refractivity contribution in [3.05, 3.63) is 71.4 Å². The third kappa shape index (κ3) is 2.52. The van der Waals surface area contributed by atoms with Crippen molar-refractivity contribution in [3.8, 4) is 11.3 Å². The summed E-state index contributed by atoms with van der Waals surface area (Å²) in [5.74, 6) is 0.741. The number of nitrogen functional groups attached to an aromatic ring is 2. The van der Waals surface area contributed by atoms with Gasteiger partial charge in [-0.15, -0.1) is 0 Å². The molecular weight excluding hydrogens is 284 g/mol. The highest BCUT2D eigenvalue weighted by Crippen LogP contribution is 2.39. The average molecular weight is 302 g/mol. The highest BCUT2D eigenvalue weighted by atomic mass is 15.0. The Labute approximate surface area is 135 Å². The summed E-state index contributed by atoms with van der Waals surface area (Å²) in [6.45, 7) is 0. The first-order chi connectivity index (χ1) is 11.2. The monoisotopic (exact) mass is 302 g/mol. The van der Waals surface area contributed by atoms with Crippen LogP contribution >= 0.6 is 0 Å². The van der Waals surface area contributed by atoms with E-state index in [-0.39, 0.29) is 0 Å². The molecule has 1 unspecified atom stereocenters. The van der Waals surface area contributed by atoms with Crippen molar-refractivity contribution in [3.63, 3.8) is 0 Å². The highest BCUT2D eigenvalue weighted by molar-refractivity contribution is 5.71. The molecule has 1 aliphatic rings. The lowest BCUT2D eigenvalue weighted by molar-refractivity contribution is 0.668. The summed E-state index contributed by atoms with van der Waals surface area (Å²) in [5.41, 5.74) is 18.3. The van der Waals surface area contributed by atoms with Gasteiger partial charge in [0.25, 0.3) is 0 Å². The quantitative estimate of drug-likeness (QED) is 0.713. The zero-order chi connectivity index (χ0) is 15.8. The first kappa shape index (κ1) is 13.8. The summed E-state index contributed by atoms with van der Waals surface area (Å²) < 4.78 is 0. The molecule has 1 atom stereocenters. The average Bonchev–Trinajstić information content (AvgIpc) is 2.58. The number of anilines is 2. The second-order valence-corrected chi connectivity index (χ2v) is 6.04. The molecule has 0 fully saturated rings. The molecule has 1 aromatic heterocycles. The molecule has 114 valence electrons. The van der Waals surface area contributed by atoms with Crippen LogP contribution in [0.5, 0.6) is 0 Å². The molecule has 4 rings (SSSR count). The van der Waals surface area contributed by atoms with Crippen molar-refractivity contribution in [2.45, 2.75) is 18.8 Å². The van der Waals surface area contributed by atoms with Gasteiger partial charge in [-0.1, -0.05) is 36.4 Å². The lowest BCUT2D eigenvalue weighted by atomic mass is 9.78. The summed E-state index contributed by atoms with van der Waals surface area (Å²) in [5, 5.41) is 0. The largest absolute Gasteiger partial charge is 0.399 e. The summed E-state index contributed by atoms with van der Waals surface area (Å²) >= 11 is 0. The normalized spacial score (nSPS) is 15.7. The van der Waals surface area contributed by atoms with Gasteiger partial charge in [0.2, 0.25) is 5.95 Å². The summed E-state index contributed by atoms with van der Waals surface area (Å²) in [6.07, 6.45) is 3.77. The summed E-state index contributed by atoms with van der Waals surface area (Å²) in [4.78, 5) is 8.63. The van der Waals surface area contributed by atoms with Crippen LogP contribution in [-0.4, -0.2) is 9.97 Å². The Balaban J connectivity index is 1.75. The second kappa shape index (κ2) is 5.39. The molecule has 0 aliphatic heterocycles. The molecule has 2 aromatic carbocycles. The molecule has 0 saturated carbocycles. The molecule has 0 bridgehead atoms. The highest BCUT2D eigenvalue weighted by Gasteiger charge is 2.26. The first-order valence-corrected chi connectivity index (χ1v) is 7.76. The van der Waals surface area contributed by atoms with Crippen molar-refractivity contribution in [1.82, 2.24) is 9.97 Å². The van der Waals surface area contributed by atoms with Gasteiger partial charge in [-0.25, -0.2) is 9.97 Å². The van der Waals surface area contributed by atoms with Crippen LogP contribution in [-0.2, 0) is 12.8 Å². The SMILES string of the molecule is Nc1ccc(CC2Cc3cnc(N)nc3-c3ccccc32)cc1. The van der Waals surface area contributed by atoms with E-state index in [2.05, 4.69) is 40.3 Å². The number of nitrogens with two attached hydrogens (primary N) is 2. The Morgan fingerprint density at radius 3 is 2.61 bits per heavy atom. The van der Waals surface area contributed by atoms with E-state index in [0.717, 1.165) is 24.2 Å². The summed E-state index contributed by atoms with van der Waals surface area (Å²) in [6, 6.07) is 16.6. The molecule has 4 N–H and O–H groups in total. The van der Waals surface area contributed by atoms with Gasteiger partial charge in [0, 0.05) is 17.4 Å². The molecule has 0 saturated heterocycles. The molecule has 0 radical (unpaired) electrons. The first-order valence-electron chi connectivity index (χ1n) is 7.76. The second-order valence-electron chi connectivity index (χ2n) is 6.04. The predicted octanol–water partition coefficient (Wildman–Crippen LogP) is 3.19. The van der Waals surface area contributed by atoms with Gasteiger partial charge in [-0.05, 0) is 47.6 Å². The van der Waals surface area contributed by atoms with E-state index in [0.29, 0.717) is 11.9 Å². The third-order valence-corrected chi connectivity index (χ3v) is 4.47. The molecule has 0 amide bonds. The molecule has 4 heteroatoms. The molecule has 4 nitrogen and oxygen atoms in total. The van der Waals surface area contributed by atoms with E-state index >= 15 is 0 Å². The maximum Gasteiger partial charge on any atom is 0.220 e. The maximum absolute atomic E-state index is 5.79. The van der Waals surface area contributed by atoms with Crippen LogP contribution < -0.4 is 11.5 Å². The summed E-state index contributed by atoms with van der Waals surface area (Å²) in [7, 11) is 0. The van der Waals surface area contributed by atoms with Crippen LogP contribution in [0.4, 0.5) is 11.6 Å². The van der Waals surface area contributed by atoms with Crippen LogP contribution in [0.25, 0.3) is 11.3 Å². The number of nitrogens with zero attached hydrogens (tertiary/aromatic N) is 2. The molecule has 23 heavy (non-hydrogen) atoms. The lowest BCUT2D eigenvalue weighted by Crippen LogP contribution is -2.15. The smallest absolute Gasteiger partial charge is 0.220 e. The van der Waals surface area contributed by atoms with Gasteiger partial charge >= 0.3 is 0 Å². The predicted molar refractivity (Wildman–Crippen MR) is 92.9 cm³/mol. The Morgan fingerprint density at radius 2 is 1.78 bits per heavy atom. The number of rotatable bonds is 2. The van der Waals surface area contributed by atoms with Crippen molar-refractivity contribution < 1.29 is 0 Å². The van der Waals surface area contributed by atoms with Crippen molar-refractivity contribution in [2.24, 2.45) is 0 Å². The van der Waals surface area contributed by atoms with Gasteiger partial charge in [0.15, 0.2) is 0 Å². The van der Waals surface area contributed by atoms with Crippen molar-refractivity contribution in [2.75, 3.05) is 11.5 Å². The third-order valence-electron chi connectivity index (χ3n) is 4.47. The Kier molecular flexibility index (Phi) is 3.23. The van der Waals surface area contributed by atoms with Gasteiger partial charge in [-0.2, -0.15) is 0 Å². The van der Waals surface area contributed by atoms with Crippen molar-refractivity contribution in [1.29, 1.82) is 0 Å². The van der Waals surface area contributed by atoms with Crippen molar-refractivity contribution >= 4 is 11.6 Å². The molecule has 0 spiro atoms. The lowest BCUT2D eigenvalue weighted by Gasteiger charge is -2.27. The number of hydrogen-bond acceptors (Lipinski definition) is 4. The van der Waals surface area contributed by atoms with Crippen LogP contribution in [0.3, 0.4) is 0 Å². The van der Waals surface area contributed by atoms with Crippen LogP contribution in [0.2, 0.25) is 0 Å². The Morgan fingerprint density at radius 1 is 1.00 bits per heavy atom. The van der Waals surface area contributed by atoms with E-state index in [9.17, 15) is 0 Å². The zero-order valence-electron chi connectivity index (χ0n) is 12.7. The number of benzene rings is 2. The van der Waals surface area contributed by atoms with E-state index < -0.39 is 0 Å². The fourth-order valence-corrected chi connectivity index (χ4v) is 3.37. The minimum atomic E-state index is 0.329. The van der Waals surface area contributed by atoms with E-state index in [4.69, 9.17) is 11.5 Å². The van der Waals surface area contributed by atoms with E-state index in [1.165, 1.54) is 22.3 Å². The fraction of sp³-hybridized carbons (Fsp3) is 0.158. The Hall–Kier alpha value is -2.88. The van der Waals surface area contributed by atoms with Crippen LogP contribution in [0.1, 0.15) is 22.6 Å². The number of aromatic nitrogens is 2. The van der Waals surface area contributed by atoms with Gasteiger partial charge in [-0.3, -0.25) is 0 Å². The Bertz CT molecular complexity index is 853. The minimum Gasteiger partial charge on any atom is -0.399 e. The van der Waals surface area contributed by atoms with Gasteiger partial charge in [0.1, 0.15) is 0 Å². The molecule has 1 heterocycles. The molecular formula is C19H18N4. The van der Waals surface area contributed by atoms with Crippen LogP contribution in [0.15, 0.2) is 54.7 Å². The van der Waals surface area contributed by atoms with Crippen LogP contribution in [0, 0.1) is 0 Å². The maximum atomic E-state index is 5.79. The standard InChI is InChI=1S/C19H18N4/c20-15-7-5-12(6-8-15)9-13-10-14-11-22-19(21)23-18(14)17-4-2-1-3-16(13)17/h1-8,11,13H,9-10,20H2,(H2,21,22,23). The molecule has 3 aromatic rings. The van der Waals surface area contributed by atoms with Gasteiger partial charge in [0.05, 0.1) is 5.69 Å². The topological polar surface area (TPSA) is 77.8 Å². The number of fused-ring (bicyclic) bond motifs is 3.